The molecular formula is C10H15N5O. The van der Waals surface area contributed by atoms with E-state index in [0.717, 1.165) is 18.0 Å². The molecule has 0 amide bonds. The number of hydrogen-bond donors (Lipinski definition) is 1. The molecule has 6 nitrogen and oxygen atoms in total. The number of hydrogen-bond acceptors (Lipinski definition) is 5. The zero-order valence-electron chi connectivity index (χ0n) is 9.41. The third kappa shape index (κ3) is 2.11. The maximum Gasteiger partial charge on any atom is 0.177 e. The maximum atomic E-state index is 9.39. The Balaban J connectivity index is 2.29. The van der Waals surface area contributed by atoms with Crippen LogP contribution in [0.4, 0.5) is 5.82 Å². The van der Waals surface area contributed by atoms with Crippen molar-refractivity contribution >= 4 is 11.5 Å². The first kappa shape index (κ1) is 10.8. The van der Waals surface area contributed by atoms with Crippen LogP contribution >= 0.6 is 0 Å². The standard InChI is InChI=1S/C10H15N5O/c1-3-14(6-8(2)16)10-5-4-9-12-11-7-15(9)13-10/h4-5,7-8,16H,3,6H2,1-2H3. The minimum Gasteiger partial charge on any atom is -0.392 e. The minimum atomic E-state index is -0.377. The van der Waals surface area contributed by atoms with Gasteiger partial charge in [0.25, 0.3) is 0 Å². The Bertz CT molecular complexity index is 467. The molecule has 0 spiro atoms. The average Bonchev–Trinajstić information content (AvgIpc) is 2.72. The van der Waals surface area contributed by atoms with Gasteiger partial charge in [-0.3, -0.25) is 0 Å². The van der Waals surface area contributed by atoms with E-state index in [0.29, 0.717) is 6.54 Å². The molecule has 0 saturated heterocycles. The van der Waals surface area contributed by atoms with Gasteiger partial charge in [-0.15, -0.1) is 15.3 Å². The fraction of sp³-hybridized carbons (Fsp3) is 0.500. The topological polar surface area (TPSA) is 66.5 Å². The van der Waals surface area contributed by atoms with Crippen LogP contribution in [-0.2, 0) is 0 Å². The molecular weight excluding hydrogens is 206 g/mol. The van der Waals surface area contributed by atoms with E-state index in [1.807, 2.05) is 24.0 Å². The van der Waals surface area contributed by atoms with Crippen LogP contribution in [0, 0.1) is 0 Å². The highest BCUT2D eigenvalue weighted by Gasteiger charge is 2.09. The summed E-state index contributed by atoms with van der Waals surface area (Å²) in [5.41, 5.74) is 0.719. The third-order valence-electron chi connectivity index (χ3n) is 2.34. The molecule has 1 unspecified atom stereocenters. The first-order valence-corrected chi connectivity index (χ1v) is 5.30. The molecule has 0 saturated carbocycles. The molecule has 86 valence electrons. The second-order valence-corrected chi connectivity index (χ2v) is 3.71. The second-order valence-electron chi connectivity index (χ2n) is 3.71. The van der Waals surface area contributed by atoms with Crippen LogP contribution in [0.1, 0.15) is 13.8 Å². The molecule has 0 fully saturated rings. The third-order valence-corrected chi connectivity index (χ3v) is 2.34. The van der Waals surface area contributed by atoms with Crippen molar-refractivity contribution in [2.75, 3.05) is 18.0 Å². The molecule has 1 atom stereocenters. The van der Waals surface area contributed by atoms with Gasteiger partial charge >= 0.3 is 0 Å². The van der Waals surface area contributed by atoms with Crippen LogP contribution in [0.5, 0.6) is 0 Å². The highest BCUT2D eigenvalue weighted by molar-refractivity contribution is 5.44. The zero-order valence-corrected chi connectivity index (χ0v) is 9.41. The molecule has 2 aromatic heterocycles. The van der Waals surface area contributed by atoms with E-state index >= 15 is 0 Å². The number of aromatic nitrogens is 4. The maximum absolute atomic E-state index is 9.39. The number of anilines is 1. The van der Waals surface area contributed by atoms with Crippen LogP contribution in [-0.4, -0.2) is 44.1 Å². The molecule has 0 aromatic carbocycles. The van der Waals surface area contributed by atoms with E-state index in [-0.39, 0.29) is 6.10 Å². The molecule has 16 heavy (non-hydrogen) atoms. The van der Waals surface area contributed by atoms with E-state index in [2.05, 4.69) is 15.3 Å². The van der Waals surface area contributed by atoms with Gasteiger partial charge in [0.05, 0.1) is 6.10 Å². The zero-order chi connectivity index (χ0) is 11.5. The van der Waals surface area contributed by atoms with Crippen LogP contribution in [0.25, 0.3) is 5.65 Å². The summed E-state index contributed by atoms with van der Waals surface area (Å²) in [6.07, 6.45) is 1.19. The van der Waals surface area contributed by atoms with Crippen molar-refractivity contribution in [2.24, 2.45) is 0 Å². The fourth-order valence-corrected chi connectivity index (χ4v) is 1.59. The summed E-state index contributed by atoms with van der Waals surface area (Å²) in [6, 6.07) is 3.75. The summed E-state index contributed by atoms with van der Waals surface area (Å²) in [4.78, 5) is 2.00. The molecule has 0 aliphatic carbocycles. The van der Waals surface area contributed by atoms with Crippen molar-refractivity contribution in [3.63, 3.8) is 0 Å². The van der Waals surface area contributed by atoms with Crippen LogP contribution in [0.15, 0.2) is 18.5 Å². The Morgan fingerprint density at radius 1 is 1.50 bits per heavy atom. The summed E-state index contributed by atoms with van der Waals surface area (Å²) in [6.45, 7) is 5.16. The summed E-state index contributed by atoms with van der Waals surface area (Å²) in [5, 5.41) is 21.4. The van der Waals surface area contributed by atoms with Crippen molar-refractivity contribution in [3.05, 3.63) is 18.5 Å². The lowest BCUT2D eigenvalue weighted by molar-refractivity contribution is 0.200. The van der Waals surface area contributed by atoms with Crippen molar-refractivity contribution in [1.82, 2.24) is 19.8 Å². The molecule has 2 aromatic rings. The van der Waals surface area contributed by atoms with Gasteiger partial charge in [0.2, 0.25) is 0 Å². The van der Waals surface area contributed by atoms with E-state index in [1.165, 1.54) is 0 Å². The van der Waals surface area contributed by atoms with E-state index in [9.17, 15) is 5.11 Å². The van der Waals surface area contributed by atoms with E-state index in [4.69, 9.17) is 0 Å². The van der Waals surface area contributed by atoms with Gasteiger partial charge in [0, 0.05) is 13.1 Å². The van der Waals surface area contributed by atoms with Gasteiger partial charge in [0.1, 0.15) is 12.1 Å². The second kappa shape index (κ2) is 4.44. The molecule has 0 aliphatic rings. The van der Waals surface area contributed by atoms with Crippen LogP contribution in [0.2, 0.25) is 0 Å². The van der Waals surface area contributed by atoms with Gasteiger partial charge in [-0.1, -0.05) is 0 Å². The van der Waals surface area contributed by atoms with Gasteiger partial charge in [-0.25, -0.2) is 0 Å². The van der Waals surface area contributed by atoms with E-state index < -0.39 is 0 Å². The van der Waals surface area contributed by atoms with Crippen molar-refractivity contribution in [2.45, 2.75) is 20.0 Å². The van der Waals surface area contributed by atoms with Gasteiger partial charge in [-0.05, 0) is 26.0 Å². The highest BCUT2D eigenvalue weighted by Crippen LogP contribution is 2.11. The Kier molecular flexibility index (Phi) is 3.00. The minimum absolute atomic E-state index is 0.377. The Labute approximate surface area is 93.5 Å². The molecule has 1 N–H and O–H groups in total. The van der Waals surface area contributed by atoms with Gasteiger partial charge in [0.15, 0.2) is 5.65 Å². The number of aliphatic hydroxyl groups excluding tert-OH is 1. The predicted octanol–water partition coefficient (Wildman–Crippen LogP) is 0.331. The fourth-order valence-electron chi connectivity index (χ4n) is 1.59. The average molecular weight is 221 g/mol. The summed E-state index contributed by atoms with van der Waals surface area (Å²) in [7, 11) is 0. The highest BCUT2D eigenvalue weighted by atomic mass is 16.3. The first-order chi connectivity index (χ1) is 7.70. The molecule has 0 aliphatic heterocycles. The number of nitrogens with zero attached hydrogens (tertiary/aromatic N) is 5. The Morgan fingerprint density at radius 2 is 2.31 bits per heavy atom. The normalized spacial score (nSPS) is 12.9. The van der Waals surface area contributed by atoms with Crippen LogP contribution in [0.3, 0.4) is 0 Å². The first-order valence-electron chi connectivity index (χ1n) is 5.30. The Morgan fingerprint density at radius 3 is 3.00 bits per heavy atom. The Hall–Kier alpha value is -1.69. The lowest BCUT2D eigenvalue weighted by Crippen LogP contribution is -2.31. The monoisotopic (exact) mass is 221 g/mol. The summed E-state index contributed by atoms with van der Waals surface area (Å²) >= 11 is 0. The number of rotatable bonds is 4. The molecule has 0 radical (unpaired) electrons. The lowest BCUT2D eigenvalue weighted by Gasteiger charge is -2.22. The van der Waals surface area contributed by atoms with E-state index in [1.54, 1.807) is 17.8 Å². The van der Waals surface area contributed by atoms with Gasteiger partial charge in [-0.2, -0.15) is 4.52 Å². The molecule has 2 rings (SSSR count). The molecule has 6 heteroatoms. The van der Waals surface area contributed by atoms with Crippen molar-refractivity contribution in [3.8, 4) is 0 Å². The number of fused-ring (bicyclic) bond motifs is 1. The van der Waals surface area contributed by atoms with Crippen molar-refractivity contribution < 1.29 is 5.11 Å². The summed E-state index contributed by atoms with van der Waals surface area (Å²) in [5.74, 6) is 0.815. The number of aliphatic hydroxyl groups is 1. The molecule has 2 heterocycles. The SMILES string of the molecule is CCN(CC(C)O)c1ccc2nncn2n1. The molecule has 0 bridgehead atoms. The van der Waals surface area contributed by atoms with Crippen LogP contribution < -0.4 is 4.90 Å². The van der Waals surface area contributed by atoms with Crippen molar-refractivity contribution in [1.29, 1.82) is 0 Å². The quantitative estimate of drug-likeness (QED) is 0.806. The largest absolute Gasteiger partial charge is 0.392 e. The summed E-state index contributed by atoms with van der Waals surface area (Å²) < 4.78 is 1.63. The number of likely N-dealkylation sites (N-methyl/N-ethyl adjacent to an activating group) is 1. The van der Waals surface area contributed by atoms with Gasteiger partial charge < -0.3 is 10.0 Å². The lowest BCUT2D eigenvalue weighted by atomic mass is 10.3. The smallest absolute Gasteiger partial charge is 0.177 e. The predicted molar refractivity (Wildman–Crippen MR) is 60.3 cm³/mol.